The Morgan fingerprint density at radius 1 is 1.67 bits per heavy atom. The molecule has 0 radical (unpaired) electrons. The summed E-state index contributed by atoms with van der Waals surface area (Å²) in [5.74, 6) is -1.17. The van der Waals surface area contributed by atoms with Gasteiger partial charge in [-0.25, -0.2) is 9.18 Å². The molecule has 5 heteroatoms. The average Bonchev–Trinajstić information content (AvgIpc) is 2.46. The fraction of sp³-hybridized carbons (Fsp3) is 0.500. The van der Waals surface area contributed by atoms with Crippen LogP contribution in [0.25, 0.3) is 0 Å². The van der Waals surface area contributed by atoms with Gasteiger partial charge in [0.25, 0.3) is 0 Å². The lowest BCUT2D eigenvalue weighted by molar-refractivity contribution is 0.0686. The molecule has 2 N–H and O–H groups in total. The van der Waals surface area contributed by atoms with Crippen molar-refractivity contribution >= 4 is 5.97 Å². The highest BCUT2D eigenvalue weighted by atomic mass is 19.1. The molecule has 1 aromatic heterocycles. The number of rotatable bonds is 5. The summed E-state index contributed by atoms with van der Waals surface area (Å²) in [4.78, 5) is 10.7. The Bertz CT molecular complexity index is 347. The Morgan fingerprint density at radius 3 is 2.87 bits per heavy atom. The Kier molecular flexibility index (Phi) is 3.71. The fourth-order valence-corrected chi connectivity index (χ4v) is 1.20. The van der Waals surface area contributed by atoms with Gasteiger partial charge in [0.2, 0.25) is 0 Å². The second-order valence-corrected chi connectivity index (χ2v) is 3.81. The minimum absolute atomic E-state index is 0.0868. The van der Waals surface area contributed by atoms with Crippen molar-refractivity contribution < 1.29 is 14.3 Å². The first-order chi connectivity index (χ1) is 7.00. The summed E-state index contributed by atoms with van der Waals surface area (Å²) in [6.45, 7) is 4.75. The summed E-state index contributed by atoms with van der Waals surface area (Å²) in [5, 5.41) is 8.76. The minimum atomic E-state index is -1.14. The summed E-state index contributed by atoms with van der Waals surface area (Å²) < 4.78 is 14.0. The van der Waals surface area contributed by atoms with E-state index in [4.69, 9.17) is 5.11 Å². The summed E-state index contributed by atoms with van der Waals surface area (Å²) in [6.07, 6.45) is 2.03. The Morgan fingerprint density at radius 2 is 2.33 bits per heavy atom. The van der Waals surface area contributed by atoms with Crippen LogP contribution in [0, 0.1) is 11.7 Å². The van der Waals surface area contributed by atoms with Gasteiger partial charge in [-0.15, -0.1) is 0 Å². The van der Waals surface area contributed by atoms with Gasteiger partial charge in [-0.2, -0.15) is 0 Å². The van der Waals surface area contributed by atoms with E-state index < -0.39 is 11.8 Å². The lowest BCUT2D eigenvalue weighted by Gasteiger charge is -2.10. The maximum Gasteiger partial charge on any atom is 0.354 e. The molecule has 4 nitrogen and oxygen atoms in total. The van der Waals surface area contributed by atoms with Crippen LogP contribution in [-0.4, -0.2) is 22.3 Å². The number of carboxylic acid groups (broad SMARTS) is 1. The molecule has 0 atom stereocenters. The van der Waals surface area contributed by atoms with E-state index in [1.54, 1.807) is 0 Å². The fourth-order valence-electron chi connectivity index (χ4n) is 1.20. The number of halogens is 1. The molecular weight excluding hydrogens is 199 g/mol. The maximum atomic E-state index is 12.8. The minimum Gasteiger partial charge on any atom is -0.477 e. The zero-order valence-electron chi connectivity index (χ0n) is 8.83. The number of hydrogen-bond donors (Lipinski definition) is 2. The number of carboxylic acids is 1. The van der Waals surface area contributed by atoms with Gasteiger partial charge < -0.3 is 10.5 Å². The van der Waals surface area contributed by atoms with Gasteiger partial charge in [-0.05, 0) is 12.3 Å². The first-order valence-electron chi connectivity index (χ1n) is 4.85. The molecule has 0 aliphatic heterocycles. The van der Waals surface area contributed by atoms with E-state index in [2.05, 4.69) is 19.3 Å². The summed E-state index contributed by atoms with van der Waals surface area (Å²) in [5.41, 5.74) is 2.76. The molecular formula is C10H15FN2O2. The van der Waals surface area contributed by atoms with Crippen LogP contribution in [0.2, 0.25) is 0 Å². The van der Waals surface area contributed by atoms with E-state index in [9.17, 15) is 9.18 Å². The molecule has 15 heavy (non-hydrogen) atoms. The van der Waals surface area contributed by atoms with Gasteiger partial charge in [0.1, 0.15) is 11.5 Å². The first-order valence-corrected chi connectivity index (χ1v) is 4.85. The predicted molar refractivity (Wildman–Crippen MR) is 55.0 cm³/mol. The molecule has 84 valence electrons. The van der Waals surface area contributed by atoms with Gasteiger partial charge >= 0.3 is 5.97 Å². The van der Waals surface area contributed by atoms with Gasteiger partial charge in [0, 0.05) is 12.6 Å². The second-order valence-electron chi connectivity index (χ2n) is 3.81. The summed E-state index contributed by atoms with van der Waals surface area (Å²) in [7, 11) is 0. The van der Waals surface area contributed by atoms with Crippen LogP contribution in [0.1, 0.15) is 30.8 Å². The summed E-state index contributed by atoms with van der Waals surface area (Å²) >= 11 is 0. The molecule has 1 heterocycles. The van der Waals surface area contributed by atoms with Crippen molar-refractivity contribution in [2.45, 2.75) is 20.3 Å². The third-order valence-electron chi connectivity index (χ3n) is 2.01. The topological polar surface area (TPSA) is 54.3 Å². The Labute approximate surface area is 87.7 Å². The zero-order chi connectivity index (χ0) is 11.4. The number of carbonyl (C=O) groups is 1. The number of hydrogen-bond acceptors (Lipinski definition) is 2. The molecule has 0 aliphatic carbocycles. The number of aromatic carboxylic acids is 1. The highest BCUT2D eigenvalue weighted by Gasteiger charge is 2.11. The van der Waals surface area contributed by atoms with Gasteiger partial charge in [0.05, 0.1) is 6.20 Å². The highest BCUT2D eigenvalue weighted by Crippen LogP contribution is 2.06. The molecule has 0 aromatic carbocycles. The predicted octanol–water partition coefficient (Wildman–Crippen LogP) is 1.91. The largest absolute Gasteiger partial charge is 0.477 e. The molecule has 1 aromatic rings. The van der Waals surface area contributed by atoms with Gasteiger partial charge in [0.15, 0.2) is 0 Å². The monoisotopic (exact) mass is 214 g/mol. The lowest BCUT2D eigenvalue weighted by Crippen LogP contribution is -2.20. The molecule has 0 saturated carbocycles. The maximum absolute atomic E-state index is 12.8. The Balaban J connectivity index is 2.63. The molecule has 0 aliphatic rings. The van der Waals surface area contributed by atoms with Crippen molar-refractivity contribution in [2.75, 3.05) is 12.0 Å². The van der Waals surface area contributed by atoms with E-state index in [0.29, 0.717) is 12.5 Å². The van der Waals surface area contributed by atoms with Gasteiger partial charge in [-0.3, -0.25) is 4.68 Å². The standard InChI is InChI=1S/C10H15FN2O2/c1-7(2)3-4-12-13-6-8(11)5-9(13)10(14)15/h5-7,12H,3-4H2,1-2H3,(H,14,15). The van der Waals surface area contributed by atoms with E-state index in [1.165, 1.54) is 4.68 Å². The van der Waals surface area contributed by atoms with E-state index in [1.807, 2.05) is 0 Å². The number of aromatic nitrogens is 1. The van der Waals surface area contributed by atoms with Crippen LogP contribution in [-0.2, 0) is 0 Å². The van der Waals surface area contributed by atoms with Crippen molar-refractivity contribution in [2.24, 2.45) is 5.92 Å². The lowest BCUT2D eigenvalue weighted by atomic mass is 10.1. The molecule has 0 fully saturated rings. The number of nitrogens with zero attached hydrogens (tertiary/aromatic N) is 1. The van der Waals surface area contributed by atoms with Crippen LogP contribution in [0.3, 0.4) is 0 Å². The summed E-state index contributed by atoms with van der Waals surface area (Å²) in [6, 6.07) is 0.991. The molecule has 0 bridgehead atoms. The molecule has 0 spiro atoms. The molecule has 1 rings (SSSR count). The molecule has 0 unspecified atom stereocenters. The van der Waals surface area contributed by atoms with Crippen LogP contribution >= 0.6 is 0 Å². The molecule has 0 saturated heterocycles. The quantitative estimate of drug-likeness (QED) is 0.787. The smallest absolute Gasteiger partial charge is 0.354 e. The number of nitrogens with one attached hydrogen (secondary N) is 1. The van der Waals surface area contributed by atoms with Crippen LogP contribution in [0.15, 0.2) is 12.3 Å². The van der Waals surface area contributed by atoms with Crippen molar-refractivity contribution in [3.8, 4) is 0 Å². The van der Waals surface area contributed by atoms with Crippen LogP contribution in [0.5, 0.6) is 0 Å². The van der Waals surface area contributed by atoms with E-state index in [0.717, 1.165) is 18.7 Å². The first kappa shape index (κ1) is 11.6. The second kappa shape index (κ2) is 4.82. The van der Waals surface area contributed by atoms with Crippen molar-refractivity contribution in [1.82, 2.24) is 4.68 Å². The van der Waals surface area contributed by atoms with E-state index >= 15 is 0 Å². The third-order valence-corrected chi connectivity index (χ3v) is 2.01. The highest BCUT2D eigenvalue weighted by molar-refractivity contribution is 5.85. The zero-order valence-corrected chi connectivity index (χ0v) is 8.83. The van der Waals surface area contributed by atoms with Crippen LogP contribution < -0.4 is 5.43 Å². The molecule has 0 amide bonds. The van der Waals surface area contributed by atoms with Crippen molar-refractivity contribution in [3.63, 3.8) is 0 Å². The van der Waals surface area contributed by atoms with Crippen molar-refractivity contribution in [1.29, 1.82) is 0 Å². The van der Waals surface area contributed by atoms with Crippen molar-refractivity contribution in [3.05, 3.63) is 23.8 Å². The SMILES string of the molecule is CC(C)CCNn1cc(F)cc1C(=O)O. The normalized spacial score (nSPS) is 10.7. The van der Waals surface area contributed by atoms with E-state index in [-0.39, 0.29) is 5.69 Å². The van der Waals surface area contributed by atoms with Crippen LogP contribution in [0.4, 0.5) is 4.39 Å². The average molecular weight is 214 g/mol. The van der Waals surface area contributed by atoms with Gasteiger partial charge in [-0.1, -0.05) is 13.8 Å². The Hall–Kier alpha value is -1.52. The third kappa shape index (κ3) is 3.27.